The van der Waals surface area contributed by atoms with Crippen LogP contribution in [-0.2, 0) is 13.1 Å². The fraction of sp³-hybridized carbons (Fsp3) is 0.381. The van der Waals surface area contributed by atoms with Crippen LogP contribution < -0.4 is 15.4 Å². The molecule has 0 saturated carbocycles. The van der Waals surface area contributed by atoms with Crippen LogP contribution in [0.15, 0.2) is 35.5 Å². The highest BCUT2D eigenvalue weighted by molar-refractivity contribution is 14.0. The minimum absolute atomic E-state index is 0. The van der Waals surface area contributed by atoms with Crippen LogP contribution in [0.3, 0.4) is 0 Å². The highest BCUT2D eigenvalue weighted by Gasteiger charge is 2.10. The minimum Gasteiger partial charge on any atom is -0.496 e. The molecule has 1 amide bonds. The molecular formula is C21H30IN5O2. The number of methoxy groups -OCH3 is 1. The van der Waals surface area contributed by atoms with E-state index >= 15 is 0 Å². The molecule has 158 valence electrons. The molecule has 1 aromatic carbocycles. The van der Waals surface area contributed by atoms with Gasteiger partial charge in [0.15, 0.2) is 5.96 Å². The third-order valence-corrected chi connectivity index (χ3v) is 4.46. The van der Waals surface area contributed by atoms with Crippen LogP contribution in [0.1, 0.15) is 32.7 Å². The van der Waals surface area contributed by atoms with Crippen LogP contribution >= 0.6 is 24.0 Å². The molecule has 0 unspecified atom stereocenters. The number of pyridine rings is 1. The lowest BCUT2D eigenvalue weighted by Crippen LogP contribution is -2.36. The van der Waals surface area contributed by atoms with Crippen molar-refractivity contribution < 1.29 is 9.53 Å². The second-order valence-electron chi connectivity index (χ2n) is 6.72. The van der Waals surface area contributed by atoms with E-state index in [1.165, 1.54) is 0 Å². The predicted molar refractivity (Wildman–Crippen MR) is 127 cm³/mol. The molecule has 0 radical (unpaired) electrons. The average molecular weight is 511 g/mol. The third kappa shape index (κ3) is 6.59. The van der Waals surface area contributed by atoms with Gasteiger partial charge in [-0.25, -0.2) is 0 Å². The summed E-state index contributed by atoms with van der Waals surface area (Å²) in [6.07, 6.45) is 1.82. The molecule has 0 spiro atoms. The smallest absolute Gasteiger partial charge is 0.253 e. The number of hydrogen-bond donors (Lipinski definition) is 2. The third-order valence-electron chi connectivity index (χ3n) is 4.46. The van der Waals surface area contributed by atoms with Crippen LogP contribution in [0.5, 0.6) is 5.75 Å². The van der Waals surface area contributed by atoms with Crippen molar-refractivity contribution >= 4 is 35.8 Å². The van der Waals surface area contributed by atoms with E-state index in [9.17, 15) is 4.79 Å². The van der Waals surface area contributed by atoms with Crippen molar-refractivity contribution in [3.05, 3.63) is 58.4 Å². The van der Waals surface area contributed by atoms with Crippen LogP contribution in [0.4, 0.5) is 0 Å². The molecule has 0 atom stereocenters. The number of ether oxygens (including phenoxy) is 1. The van der Waals surface area contributed by atoms with Crippen molar-refractivity contribution in [1.82, 2.24) is 20.5 Å². The van der Waals surface area contributed by atoms with Gasteiger partial charge in [0.1, 0.15) is 5.75 Å². The van der Waals surface area contributed by atoms with Crippen LogP contribution in [0, 0.1) is 13.8 Å². The van der Waals surface area contributed by atoms with E-state index in [1.54, 1.807) is 33.2 Å². The Morgan fingerprint density at radius 3 is 2.31 bits per heavy atom. The topological polar surface area (TPSA) is 78.9 Å². The molecule has 7 nitrogen and oxygen atoms in total. The fourth-order valence-electron chi connectivity index (χ4n) is 2.85. The van der Waals surface area contributed by atoms with Crippen molar-refractivity contribution in [1.29, 1.82) is 0 Å². The van der Waals surface area contributed by atoms with E-state index in [0.29, 0.717) is 24.6 Å². The van der Waals surface area contributed by atoms with Crippen molar-refractivity contribution in [2.45, 2.75) is 26.9 Å². The van der Waals surface area contributed by atoms with Gasteiger partial charge in [-0.1, -0.05) is 12.1 Å². The number of guanidine groups is 1. The van der Waals surface area contributed by atoms with Gasteiger partial charge in [0, 0.05) is 50.6 Å². The highest BCUT2D eigenvalue weighted by atomic mass is 127. The summed E-state index contributed by atoms with van der Waals surface area (Å²) >= 11 is 0. The lowest BCUT2D eigenvalue weighted by Gasteiger charge is -2.15. The monoisotopic (exact) mass is 511 g/mol. The SMILES string of the molecule is CN=C(NCc1ccc(C(=O)N(C)C)cc1)NCc1ncc(C)c(OC)c1C.I. The fourth-order valence-corrected chi connectivity index (χ4v) is 2.85. The quantitative estimate of drug-likeness (QED) is 0.355. The number of aromatic nitrogens is 1. The number of aliphatic imine (C=N–C) groups is 1. The summed E-state index contributed by atoms with van der Waals surface area (Å²) in [6, 6.07) is 7.55. The maximum Gasteiger partial charge on any atom is 0.253 e. The standard InChI is InChI=1S/C21H29N5O2.HI/c1-14-11-23-18(15(2)19(14)28-6)13-25-21(22-3)24-12-16-7-9-17(10-8-16)20(27)26(4)5;/h7-11H,12-13H2,1-6H3,(H2,22,24,25);1H. The summed E-state index contributed by atoms with van der Waals surface area (Å²) in [5.41, 5.74) is 4.68. The first-order valence-electron chi connectivity index (χ1n) is 9.11. The number of aryl methyl sites for hydroxylation is 1. The van der Waals surface area contributed by atoms with Gasteiger partial charge >= 0.3 is 0 Å². The number of nitrogens with one attached hydrogen (secondary N) is 2. The van der Waals surface area contributed by atoms with Crippen LogP contribution in [0.2, 0.25) is 0 Å². The van der Waals surface area contributed by atoms with E-state index in [0.717, 1.165) is 28.1 Å². The molecule has 0 aliphatic rings. The number of halogens is 1. The van der Waals surface area contributed by atoms with E-state index in [2.05, 4.69) is 20.6 Å². The first-order valence-corrected chi connectivity index (χ1v) is 9.11. The van der Waals surface area contributed by atoms with E-state index in [-0.39, 0.29) is 29.9 Å². The summed E-state index contributed by atoms with van der Waals surface area (Å²) in [5.74, 6) is 1.53. The highest BCUT2D eigenvalue weighted by Crippen LogP contribution is 2.23. The number of nitrogens with zero attached hydrogens (tertiary/aromatic N) is 3. The van der Waals surface area contributed by atoms with Gasteiger partial charge in [-0.2, -0.15) is 0 Å². The molecule has 2 aromatic rings. The molecule has 8 heteroatoms. The Bertz CT molecular complexity index is 851. The van der Waals surface area contributed by atoms with Gasteiger partial charge in [-0.15, -0.1) is 24.0 Å². The second-order valence-corrected chi connectivity index (χ2v) is 6.72. The number of rotatable bonds is 6. The number of benzene rings is 1. The summed E-state index contributed by atoms with van der Waals surface area (Å²) in [4.78, 5) is 22.3. The summed E-state index contributed by atoms with van der Waals surface area (Å²) in [7, 11) is 6.88. The van der Waals surface area contributed by atoms with Gasteiger partial charge in [-0.3, -0.25) is 14.8 Å². The Labute approximate surface area is 190 Å². The molecule has 2 N–H and O–H groups in total. The minimum atomic E-state index is -0.00613. The Morgan fingerprint density at radius 1 is 1.14 bits per heavy atom. The molecular weight excluding hydrogens is 481 g/mol. The first kappa shape index (κ1) is 24.7. The van der Waals surface area contributed by atoms with Gasteiger partial charge in [0.05, 0.1) is 19.3 Å². The van der Waals surface area contributed by atoms with Gasteiger partial charge < -0.3 is 20.3 Å². The number of hydrogen-bond acceptors (Lipinski definition) is 4. The predicted octanol–water partition coefficient (Wildman–Crippen LogP) is 2.89. The van der Waals surface area contributed by atoms with Gasteiger partial charge in [-0.05, 0) is 31.5 Å². The van der Waals surface area contributed by atoms with Crippen LogP contribution in [-0.4, -0.2) is 50.0 Å². The molecule has 1 heterocycles. The average Bonchev–Trinajstić information content (AvgIpc) is 2.69. The molecule has 0 bridgehead atoms. The van der Waals surface area contributed by atoms with Crippen molar-refractivity contribution in [2.24, 2.45) is 4.99 Å². The van der Waals surface area contributed by atoms with Crippen molar-refractivity contribution in [3.63, 3.8) is 0 Å². The summed E-state index contributed by atoms with van der Waals surface area (Å²) in [6.45, 7) is 5.12. The Kier molecular flexibility index (Phi) is 9.87. The second kappa shape index (κ2) is 11.6. The molecule has 1 aromatic heterocycles. The van der Waals surface area contributed by atoms with E-state index in [4.69, 9.17) is 4.74 Å². The summed E-state index contributed by atoms with van der Waals surface area (Å²) in [5, 5.41) is 6.54. The number of carbonyl (C=O) groups is 1. The normalized spacial score (nSPS) is 10.8. The van der Waals surface area contributed by atoms with Crippen molar-refractivity contribution in [2.75, 3.05) is 28.3 Å². The molecule has 0 fully saturated rings. The maximum atomic E-state index is 11.9. The number of amides is 1. The lowest BCUT2D eigenvalue weighted by atomic mass is 10.1. The maximum absolute atomic E-state index is 11.9. The van der Waals surface area contributed by atoms with Gasteiger partial charge in [0.25, 0.3) is 5.91 Å². The summed E-state index contributed by atoms with van der Waals surface area (Å²) < 4.78 is 5.46. The van der Waals surface area contributed by atoms with E-state index < -0.39 is 0 Å². The zero-order valence-electron chi connectivity index (χ0n) is 17.9. The van der Waals surface area contributed by atoms with Crippen molar-refractivity contribution in [3.8, 4) is 5.75 Å². The zero-order valence-corrected chi connectivity index (χ0v) is 20.2. The first-order chi connectivity index (χ1) is 13.4. The molecule has 2 rings (SSSR count). The zero-order chi connectivity index (χ0) is 20.7. The molecule has 0 aliphatic heterocycles. The Balaban J connectivity index is 0.00000420. The largest absolute Gasteiger partial charge is 0.496 e. The van der Waals surface area contributed by atoms with E-state index in [1.807, 2.05) is 44.3 Å². The van der Waals surface area contributed by atoms with Gasteiger partial charge in [0.2, 0.25) is 0 Å². The molecule has 0 saturated heterocycles. The molecule has 29 heavy (non-hydrogen) atoms. The van der Waals surface area contributed by atoms with Crippen LogP contribution in [0.25, 0.3) is 0 Å². The lowest BCUT2D eigenvalue weighted by molar-refractivity contribution is 0.0827. The molecule has 0 aliphatic carbocycles. The Morgan fingerprint density at radius 2 is 1.76 bits per heavy atom. The Hall–Kier alpha value is -2.36. The number of carbonyl (C=O) groups excluding carboxylic acids is 1.